The molecule has 0 bridgehead atoms. The molecule has 0 aliphatic rings. The summed E-state index contributed by atoms with van der Waals surface area (Å²) in [5.41, 5.74) is 1.15. The van der Waals surface area contributed by atoms with Crippen molar-refractivity contribution in [3.63, 3.8) is 0 Å². The maximum absolute atomic E-state index is 10.6. The normalized spacial score (nSPS) is 10.8. The molecule has 0 unspecified atom stereocenters. The highest BCUT2D eigenvalue weighted by molar-refractivity contribution is 7.99. The molecule has 0 aliphatic carbocycles. The van der Waals surface area contributed by atoms with Gasteiger partial charge < -0.3 is 4.42 Å². The van der Waals surface area contributed by atoms with Gasteiger partial charge in [0, 0.05) is 22.8 Å². The van der Waals surface area contributed by atoms with Crippen LogP contribution in [0.5, 0.6) is 0 Å². The smallest absolute Gasteiger partial charge is 0.276 e. The molecule has 118 valence electrons. The third-order valence-electron chi connectivity index (χ3n) is 3.12. The Labute approximate surface area is 140 Å². The zero-order valence-corrected chi connectivity index (χ0v) is 13.7. The number of thiophene rings is 1. The monoisotopic (exact) mass is 347 g/mol. The molecule has 0 spiro atoms. The number of nitro benzene ring substituents is 1. The van der Waals surface area contributed by atoms with Gasteiger partial charge in [0.05, 0.1) is 11.3 Å². The fraction of sp³-hybridized carbons (Fsp3) is 0.200. The highest BCUT2D eigenvalue weighted by Gasteiger charge is 2.09. The average molecular weight is 347 g/mol. The van der Waals surface area contributed by atoms with Gasteiger partial charge in [-0.2, -0.15) is 0 Å². The van der Waals surface area contributed by atoms with E-state index in [2.05, 4.69) is 10.2 Å². The van der Waals surface area contributed by atoms with Crippen LogP contribution in [0.2, 0.25) is 0 Å². The van der Waals surface area contributed by atoms with Crippen LogP contribution in [-0.4, -0.2) is 20.9 Å². The van der Waals surface area contributed by atoms with Gasteiger partial charge in [0.1, 0.15) is 0 Å². The molecule has 0 atom stereocenters. The number of aryl methyl sites for hydroxylation is 1. The first-order chi connectivity index (χ1) is 11.2. The van der Waals surface area contributed by atoms with Crippen LogP contribution in [0.4, 0.5) is 5.69 Å². The summed E-state index contributed by atoms with van der Waals surface area (Å²) in [4.78, 5) is 11.4. The van der Waals surface area contributed by atoms with Gasteiger partial charge in [0.2, 0.25) is 5.89 Å². The number of aromatic nitrogens is 2. The molecule has 0 saturated heterocycles. The van der Waals surface area contributed by atoms with Crippen molar-refractivity contribution in [3.8, 4) is 0 Å². The standard InChI is InChI=1S/C15H13N3O3S2/c19-18(20)12-5-3-11(4-6-12)7-9-23-15-17-16-14(21-15)10-13-2-1-8-22-13/h1-6,8H,7,9-10H2. The van der Waals surface area contributed by atoms with E-state index >= 15 is 0 Å². The summed E-state index contributed by atoms with van der Waals surface area (Å²) in [6.07, 6.45) is 1.44. The number of hydrogen-bond donors (Lipinski definition) is 0. The van der Waals surface area contributed by atoms with Crippen molar-refractivity contribution in [2.45, 2.75) is 18.1 Å². The third kappa shape index (κ3) is 4.40. The number of hydrogen-bond acceptors (Lipinski definition) is 7. The first-order valence-corrected chi connectivity index (χ1v) is 8.78. The number of non-ortho nitro benzene ring substituents is 1. The summed E-state index contributed by atoms with van der Waals surface area (Å²) in [5.74, 6) is 1.39. The molecule has 3 rings (SSSR count). The van der Waals surface area contributed by atoms with Crippen molar-refractivity contribution >= 4 is 28.8 Å². The molecule has 3 aromatic rings. The lowest BCUT2D eigenvalue weighted by Gasteiger charge is -1.99. The predicted molar refractivity (Wildman–Crippen MR) is 88.9 cm³/mol. The van der Waals surface area contributed by atoms with Gasteiger partial charge in [-0.3, -0.25) is 10.1 Å². The lowest BCUT2D eigenvalue weighted by atomic mass is 10.1. The Morgan fingerprint density at radius 3 is 2.74 bits per heavy atom. The SMILES string of the molecule is O=[N+]([O-])c1ccc(CCSc2nnc(Cc3cccs3)o2)cc1. The van der Waals surface area contributed by atoms with Crippen molar-refractivity contribution in [2.24, 2.45) is 0 Å². The summed E-state index contributed by atoms with van der Waals surface area (Å²) < 4.78 is 5.60. The average Bonchev–Trinajstić information content (AvgIpc) is 3.20. The summed E-state index contributed by atoms with van der Waals surface area (Å²) in [6.45, 7) is 0. The van der Waals surface area contributed by atoms with E-state index in [1.165, 1.54) is 28.8 Å². The fourth-order valence-corrected chi connectivity index (χ4v) is 3.43. The Morgan fingerprint density at radius 1 is 1.22 bits per heavy atom. The van der Waals surface area contributed by atoms with Gasteiger partial charge >= 0.3 is 0 Å². The Kier molecular flexibility index (Phi) is 5.04. The summed E-state index contributed by atoms with van der Waals surface area (Å²) in [6, 6.07) is 10.6. The largest absolute Gasteiger partial charge is 0.416 e. The molecule has 0 N–H and O–H groups in total. The quantitative estimate of drug-likeness (QED) is 0.365. The van der Waals surface area contributed by atoms with Gasteiger partial charge in [-0.05, 0) is 23.4 Å². The third-order valence-corrected chi connectivity index (χ3v) is 4.81. The van der Waals surface area contributed by atoms with Crippen molar-refractivity contribution in [1.29, 1.82) is 0 Å². The number of rotatable bonds is 7. The number of thioether (sulfide) groups is 1. The van der Waals surface area contributed by atoms with Crippen LogP contribution in [0.15, 0.2) is 51.4 Å². The molecule has 0 radical (unpaired) electrons. The molecule has 0 amide bonds. The number of benzene rings is 1. The van der Waals surface area contributed by atoms with E-state index in [-0.39, 0.29) is 5.69 Å². The second-order valence-electron chi connectivity index (χ2n) is 4.74. The zero-order valence-electron chi connectivity index (χ0n) is 12.0. The van der Waals surface area contributed by atoms with Crippen LogP contribution < -0.4 is 0 Å². The summed E-state index contributed by atoms with van der Waals surface area (Å²) in [7, 11) is 0. The van der Waals surface area contributed by atoms with Gasteiger partial charge in [0.25, 0.3) is 10.9 Å². The molecule has 0 saturated carbocycles. The lowest BCUT2D eigenvalue weighted by molar-refractivity contribution is -0.384. The molecule has 1 aromatic carbocycles. The van der Waals surface area contributed by atoms with Gasteiger partial charge in [-0.25, -0.2) is 0 Å². The Balaban J connectivity index is 1.49. The minimum absolute atomic E-state index is 0.108. The molecule has 6 nitrogen and oxygen atoms in total. The van der Waals surface area contributed by atoms with Crippen molar-refractivity contribution in [1.82, 2.24) is 10.2 Å². The summed E-state index contributed by atoms with van der Waals surface area (Å²) in [5, 5.41) is 21.2. The topological polar surface area (TPSA) is 82.1 Å². The Hall–Kier alpha value is -2.19. The number of nitrogens with zero attached hydrogens (tertiary/aromatic N) is 3. The van der Waals surface area contributed by atoms with Crippen LogP contribution in [0.25, 0.3) is 0 Å². The van der Waals surface area contributed by atoms with E-state index in [0.717, 1.165) is 17.7 Å². The van der Waals surface area contributed by atoms with Crippen molar-refractivity contribution in [2.75, 3.05) is 5.75 Å². The molecule has 0 aliphatic heterocycles. The molecule has 0 fully saturated rings. The maximum atomic E-state index is 10.6. The van der Waals surface area contributed by atoms with E-state index < -0.39 is 4.92 Å². The molecule has 2 heterocycles. The predicted octanol–water partition coefficient (Wildman–Crippen LogP) is 3.96. The maximum Gasteiger partial charge on any atom is 0.276 e. The Morgan fingerprint density at radius 2 is 2.04 bits per heavy atom. The first kappa shape index (κ1) is 15.7. The molecule has 23 heavy (non-hydrogen) atoms. The van der Waals surface area contributed by atoms with E-state index in [4.69, 9.17) is 4.42 Å². The van der Waals surface area contributed by atoms with Crippen LogP contribution in [-0.2, 0) is 12.8 Å². The van der Waals surface area contributed by atoms with Crippen LogP contribution in [0.3, 0.4) is 0 Å². The van der Waals surface area contributed by atoms with E-state index in [0.29, 0.717) is 17.5 Å². The highest BCUT2D eigenvalue weighted by Crippen LogP contribution is 2.21. The molecular formula is C15H13N3O3S2. The van der Waals surface area contributed by atoms with E-state index in [9.17, 15) is 10.1 Å². The Bertz CT molecular complexity index is 770. The van der Waals surface area contributed by atoms with Gasteiger partial charge in [-0.15, -0.1) is 21.5 Å². The second kappa shape index (κ2) is 7.38. The second-order valence-corrected chi connectivity index (χ2v) is 6.82. The van der Waals surface area contributed by atoms with Crippen LogP contribution in [0.1, 0.15) is 16.3 Å². The van der Waals surface area contributed by atoms with Crippen molar-refractivity contribution < 1.29 is 9.34 Å². The lowest BCUT2D eigenvalue weighted by Crippen LogP contribution is -1.91. The van der Waals surface area contributed by atoms with Crippen LogP contribution in [0, 0.1) is 10.1 Å². The molecule has 2 aromatic heterocycles. The first-order valence-electron chi connectivity index (χ1n) is 6.91. The molecular weight excluding hydrogens is 334 g/mol. The van der Waals surface area contributed by atoms with E-state index in [1.807, 2.05) is 17.5 Å². The fourth-order valence-electron chi connectivity index (χ4n) is 1.97. The van der Waals surface area contributed by atoms with E-state index in [1.54, 1.807) is 23.5 Å². The molecule has 8 heteroatoms. The minimum Gasteiger partial charge on any atom is -0.416 e. The van der Waals surface area contributed by atoms with Crippen molar-refractivity contribution in [3.05, 3.63) is 68.2 Å². The zero-order chi connectivity index (χ0) is 16.1. The van der Waals surface area contributed by atoms with Crippen LogP contribution >= 0.6 is 23.1 Å². The van der Waals surface area contributed by atoms with Gasteiger partial charge in [-0.1, -0.05) is 30.0 Å². The number of nitro groups is 1. The minimum atomic E-state index is -0.397. The van der Waals surface area contributed by atoms with Gasteiger partial charge in [0.15, 0.2) is 0 Å². The summed E-state index contributed by atoms with van der Waals surface area (Å²) >= 11 is 3.15. The highest BCUT2D eigenvalue weighted by atomic mass is 32.2.